The van der Waals surface area contributed by atoms with Gasteiger partial charge in [-0.05, 0) is 29.7 Å². The molecule has 1 fully saturated rings. The predicted molar refractivity (Wildman–Crippen MR) is 117 cm³/mol. The number of nitrogens with zero attached hydrogens (tertiary/aromatic N) is 1. The van der Waals surface area contributed by atoms with E-state index in [4.69, 9.17) is 0 Å². The molecule has 1 aliphatic heterocycles. The Morgan fingerprint density at radius 2 is 1.11 bits per heavy atom. The van der Waals surface area contributed by atoms with E-state index in [2.05, 4.69) is 36.4 Å². The molecule has 0 saturated carbocycles. The Bertz CT molecular complexity index is 956. The summed E-state index contributed by atoms with van der Waals surface area (Å²) in [6.07, 6.45) is 0.180. The first-order valence-electron chi connectivity index (χ1n) is 9.46. The van der Waals surface area contributed by atoms with Gasteiger partial charge in [0.2, 0.25) is 5.91 Å². The van der Waals surface area contributed by atoms with Crippen molar-refractivity contribution in [1.29, 1.82) is 0 Å². The number of hydrogen-bond donors (Lipinski definition) is 0. The normalized spacial score (nSPS) is 14.6. The Morgan fingerprint density at radius 1 is 0.714 bits per heavy atom. The van der Waals surface area contributed by atoms with Gasteiger partial charge in [-0.3, -0.25) is 14.5 Å². The topological polar surface area (TPSA) is 37.4 Å². The quantitative estimate of drug-likeness (QED) is 0.510. The zero-order valence-electron chi connectivity index (χ0n) is 15.8. The van der Waals surface area contributed by atoms with Crippen LogP contribution < -0.4 is 15.9 Å². The van der Waals surface area contributed by atoms with Gasteiger partial charge in [0.15, 0.2) is 0 Å². The molecule has 28 heavy (non-hydrogen) atoms. The van der Waals surface area contributed by atoms with Crippen LogP contribution in [-0.2, 0) is 9.59 Å². The second kappa shape index (κ2) is 7.61. The van der Waals surface area contributed by atoms with E-state index in [1.807, 2.05) is 61.5 Å². The van der Waals surface area contributed by atoms with E-state index in [0.717, 1.165) is 21.2 Å². The molecule has 1 heterocycles. The lowest BCUT2D eigenvalue weighted by Crippen LogP contribution is -2.35. The molecule has 0 unspecified atom stereocenters. The predicted octanol–water partition coefficient (Wildman–Crippen LogP) is 2.93. The van der Waals surface area contributed by atoms with Gasteiger partial charge in [0.1, 0.15) is 0 Å². The summed E-state index contributed by atoms with van der Waals surface area (Å²) in [6.45, 7) is -0.184. The number of rotatable bonds is 4. The van der Waals surface area contributed by atoms with Gasteiger partial charge < -0.3 is 0 Å². The average Bonchev–Trinajstić information content (AvgIpc) is 3.04. The third kappa shape index (κ3) is 2.83. The molecule has 4 heteroatoms. The van der Waals surface area contributed by atoms with E-state index >= 15 is 0 Å². The van der Waals surface area contributed by atoms with Gasteiger partial charge in [0.25, 0.3) is 5.91 Å². The first kappa shape index (κ1) is 18.5. The van der Waals surface area contributed by atoms with Crippen LogP contribution in [0.2, 0.25) is 0 Å². The Morgan fingerprint density at radius 3 is 1.43 bits per heavy atom. The van der Waals surface area contributed by atoms with Crippen molar-refractivity contribution >= 4 is 39.9 Å². The fraction of sp³-hybridized carbons (Fsp3) is 0.125. The Kier molecular flexibility index (Phi) is 5.02. The molecule has 3 aromatic rings. The number of imide groups is 1. The van der Waals surface area contributed by atoms with Gasteiger partial charge in [0.05, 0.1) is 6.42 Å². The van der Waals surface area contributed by atoms with Crippen molar-refractivity contribution in [3.8, 4) is 0 Å². The minimum Gasteiger partial charge on any atom is -0.279 e. The number of carbonyl (C=O) groups is 2. The van der Waals surface area contributed by atoms with E-state index in [0.29, 0.717) is 6.54 Å². The van der Waals surface area contributed by atoms with Gasteiger partial charge in [-0.1, -0.05) is 91.0 Å². The summed E-state index contributed by atoms with van der Waals surface area (Å²) in [5.74, 6) is -0.230. The highest BCUT2D eigenvalue weighted by atomic mass is 31.2. The van der Waals surface area contributed by atoms with Crippen molar-refractivity contribution in [3.05, 3.63) is 91.0 Å². The van der Waals surface area contributed by atoms with Crippen LogP contribution in [0.1, 0.15) is 13.3 Å². The standard InChI is InChI=1S/C24H22NO2P/c1-2-25-23(26)18-22(24(25)27)28(19-12-6-3-7-13-19,20-14-8-4-9-15-20)21-16-10-5-11-17-21/h3-17H,2,18H2,1H3. The van der Waals surface area contributed by atoms with Crippen LogP contribution in [0.4, 0.5) is 0 Å². The van der Waals surface area contributed by atoms with Crippen LogP contribution in [-0.4, -0.2) is 28.6 Å². The molecule has 4 rings (SSSR count). The Hall–Kier alpha value is -2.90. The van der Waals surface area contributed by atoms with Crippen molar-refractivity contribution in [1.82, 2.24) is 4.90 Å². The first-order chi connectivity index (χ1) is 13.7. The van der Waals surface area contributed by atoms with Gasteiger partial charge in [-0.15, -0.1) is 0 Å². The summed E-state index contributed by atoms with van der Waals surface area (Å²) in [5.41, 5.74) is 0. The fourth-order valence-corrected chi connectivity index (χ4v) is 8.50. The van der Waals surface area contributed by atoms with Crippen LogP contribution in [0.25, 0.3) is 0 Å². The molecule has 0 radical (unpaired) electrons. The summed E-state index contributed by atoms with van der Waals surface area (Å²) in [4.78, 5) is 27.5. The lowest BCUT2D eigenvalue weighted by Gasteiger charge is -2.30. The molecular formula is C24H22NO2P. The molecule has 0 bridgehead atoms. The van der Waals surface area contributed by atoms with Gasteiger partial charge >= 0.3 is 0 Å². The smallest absolute Gasteiger partial charge is 0.257 e. The molecule has 2 amide bonds. The minimum absolute atomic E-state index is 0.102. The van der Waals surface area contributed by atoms with Crippen LogP contribution in [0.15, 0.2) is 91.0 Å². The maximum Gasteiger partial charge on any atom is 0.257 e. The van der Waals surface area contributed by atoms with Crippen LogP contribution >= 0.6 is 6.89 Å². The largest absolute Gasteiger partial charge is 0.279 e. The van der Waals surface area contributed by atoms with Crippen LogP contribution in [0, 0.1) is 0 Å². The lowest BCUT2D eigenvalue weighted by atomic mass is 10.3. The number of hydrogen-bond acceptors (Lipinski definition) is 2. The molecule has 0 spiro atoms. The number of carbonyl (C=O) groups excluding carboxylic acids is 2. The van der Waals surface area contributed by atoms with E-state index in [1.54, 1.807) is 0 Å². The summed E-state index contributed by atoms with van der Waals surface area (Å²) in [5, 5.41) is 4.02. The fourth-order valence-electron chi connectivity index (χ4n) is 4.03. The minimum atomic E-state index is -2.44. The summed E-state index contributed by atoms with van der Waals surface area (Å²) in [7, 11) is 0. The molecule has 1 saturated heterocycles. The summed E-state index contributed by atoms with van der Waals surface area (Å²) in [6, 6.07) is 30.6. The van der Waals surface area contributed by atoms with Crippen molar-refractivity contribution in [3.63, 3.8) is 0 Å². The van der Waals surface area contributed by atoms with Crippen molar-refractivity contribution in [2.45, 2.75) is 13.3 Å². The lowest BCUT2D eigenvalue weighted by molar-refractivity contribution is -0.136. The maximum absolute atomic E-state index is 13.4. The van der Waals surface area contributed by atoms with E-state index in [1.165, 1.54) is 4.90 Å². The molecular weight excluding hydrogens is 365 g/mol. The summed E-state index contributed by atoms with van der Waals surface area (Å²) < 4.78 is 0. The van der Waals surface area contributed by atoms with Crippen LogP contribution in [0.5, 0.6) is 0 Å². The third-order valence-electron chi connectivity index (χ3n) is 5.26. The van der Waals surface area contributed by atoms with Gasteiger partial charge in [-0.25, -0.2) is 0 Å². The van der Waals surface area contributed by atoms with Gasteiger partial charge in [-0.2, -0.15) is 0 Å². The van der Waals surface area contributed by atoms with Gasteiger partial charge in [0, 0.05) is 11.8 Å². The molecule has 0 aromatic heterocycles. The highest BCUT2D eigenvalue weighted by molar-refractivity contribution is 7.96. The molecule has 3 aromatic carbocycles. The third-order valence-corrected chi connectivity index (χ3v) is 9.64. The van der Waals surface area contributed by atoms with E-state index in [-0.39, 0.29) is 18.2 Å². The zero-order chi connectivity index (χ0) is 19.6. The maximum atomic E-state index is 13.4. The SMILES string of the molecule is CCN1C(=O)CC(=P(c2ccccc2)(c2ccccc2)c2ccccc2)C1=O. The monoisotopic (exact) mass is 387 g/mol. The number of benzene rings is 3. The van der Waals surface area contributed by atoms with Crippen molar-refractivity contribution in [2.24, 2.45) is 0 Å². The highest BCUT2D eigenvalue weighted by Crippen LogP contribution is 2.48. The number of likely N-dealkylation sites (tertiary alicyclic amines) is 1. The summed E-state index contributed by atoms with van der Waals surface area (Å²) >= 11 is 0. The average molecular weight is 387 g/mol. The molecule has 3 nitrogen and oxygen atoms in total. The molecule has 0 atom stereocenters. The second-order valence-corrected chi connectivity index (χ2v) is 10.2. The van der Waals surface area contributed by atoms with Crippen molar-refractivity contribution in [2.75, 3.05) is 6.54 Å². The molecule has 0 aliphatic carbocycles. The number of amides is 2. The highest BCUT2D eigenvalue weighted by Gasteiger charge is 2.41. The first-order valence-corrected chi connectivity index (χ1v) is 11.3. The van der Waals surface area contributed by atoms with E-state index in [9.17, 15) is 9.59 Å². The second-order valence-electron chi connectivity index (χ2n) is 6.74. The Balaban J connectivity index is 2.20. The molecule has 140 valence electrons. The molecule has 0 N–H and O–H groups in total. The van der Waals surface area contributed by atoms with E-state index < -0.39 is 6.89 Å². The van der Waals surface area contributed by atoms with Crippen molar-refractivity contribution < 1.29 is 9.59 Å². The van der Waals surface area contributed by atoms with Crippen LogP contribution in [0.3, 0.4) is 0 Å². The molecule has 1 aliphatic rings. The zero-order valence-corrected chi connectivity index (χ0v) is 16.7. The Labute approximate surface area is 165 Å².